The van der Waals surface area contributed by atoms with Crippen molar-refractivity contribution in [2.75, 3.05) is 26.2 Å². The van der Waals surface area contributed by atoms with E-state index in [4.69, 9.17) is 16.7 Å². The lowest BCUT2D eigenvalue weighted by atomic mass is 10.1. The SMILES string of the molecule is O=C(CN1CC[C@@H](CO)C1)c1ccccc1Cl. The Balaban J connectivity index is 1.96. The largest absolute Gasteiger partial charge is 0.396 e. The molecular weight excluding hydrogens is 238 g/mol. The van der Waals surface area contributed by atoms with Crippen molar-refractivity contribution in [1.29, 1.82) is 0 Å². The number of Topliss-reactive ketones (excluding diaryl/α,β-unsaturated/α-hetero) is 1. The maximum Gasteiger partial charge on any atom is 0.178 e. The summed E-state index contributed by atoms with van der Waals surface area (Å²) in [5.41, 5.74) is 0.585. The van der Waals surface area contributed by atoms with Gasteiger partial charge in [0.2, 0.25) is 0 Å². The predicted octanol–water partition coefficient (Wildman–Crippen LogP) is 1.84. The van der Waals surface area contributed by atoms with Gasteiger partial charge in [0.15, 0.2) is 5.78 Å². The second-order valence-electron chi connectivity index (χ2n) is 4.48. The van der Waals surface area contributed by atoms with Crippen LogP contribution in [-0.2, 0) is 0 Å². The summed E-state index contributed by atoms with van der Waals surface area (Å²) in [7, 11) is 0. The van der Waals surface area contributed by atoms with Gasteiger partial charge in [-0.25, -0.2) is 0 Å². The lowest BCUT2D eigenvalue weighted by Gasteiger charge is -2.14. The molecule has 0 aromatic heterocycles. The van der Waals surface area contributed by atoms with E-state index in [2.05, 4.69) is 4.90 Å². The summed E-state index contributed by atoms with van der Waals surface area (Å²) in [6, 6.07) is 7.12. The van der Waals surface area contributed by atoms with Crippen molar-refractivity contribution >= 4 is 17.4 Å². The van der Waals surface area contributed by atoms with E-state index in [1.165, 1.54) is 0 Å². The molecule has 2 rings (SSSR count). The predicted molar refractivity (Wildman–Crippen MR) is 67.4 cm³/mol. The zero-order chi connectivity index (χ0) is 12.3. The number of nitrogens with zero attached hydrogens (tertiary/aromatic N) is 1. The van der Waals surface area contributed by atoms with Gasteiger partial charge in [-0.05, 0) is 31.0 Å². The van der Waals surface area contributed by atoms with Gasteiger partial charge in [-0.1, -0.05) is 23.7 Å². The topological polar surface area (TPSA) is 40.5 Å². The normalized spacial score (nSPS) is 20.7. The Morgan fingerprint density at radius 3 is 2.88 bits per heavy atom. The van der Waals surface area contributed by atoms with Crippen LogP contribution in [-0.4, -0.2) is 42.0 Å². The molecule has 0 unspecified atom stereocenters. The number of carbonyl (C=O) groups is 1. The van der Waals surface area contributed by atoms with Crippen molar-refractivity contribution < 1.29 is 9.90 Å². The second kappa shape index (κ2) is 5.63. The highest BCUT2D eigenvalue weighted by molar-refractivity contribution is 6.34. The Labute approximate surface area is 106 Å². The average Bonchev–Trinajstić information content (AvgIpc) is 2.77. The van der Waals surface area contributed by atoms with E-state index >= 15 is 0 Å². The lowest BCUT2D eigenvalue weighted by molar-refractivity contribution is 0.0940. The van der Waals surface area contributed by atoms with Crippen LogP contribution >= 0.6 is 11.6 Å². The molecule has 0 spiro atoms. The minimum Gasteiger partial charge on any atom is -0.396 e. The van der Waals surface area contributed by atoms with E-state index in [0.717, 1.165) is 19.5 Å². The molecule has 0 bridgehead atoms. The van der Waals surface area contributed by atoms with E-state index in [9.17, 15) is 4.79 Å². The number of hydrogen-bond donors (Lipinski definition) is 1. The van der Waals surface area contributed by atoms with Crippen molar-refractivity contribution in [1.82, 2.24) is 4.90 Å². The third-order valence-electron chi connectivity index (χ3n) is 3.17. The van der Waals surface area contributed by atoms with Crippen molar-refractivity contribution in [2.24, 2.45) is 5.92 Å². The lowest BCUT2D eigenvalue weighted by Crippen LogP contribution is -2.28. The zero-order valence-electron chi connectivity index (χ0n) is 9.60. The number of carbonyl (C=O) groups excluding carboxylic acids is 1. The molecule has 3 nitrogen and oxygen atoms in total. The molecule has 1 saturated heterocycles. The quantitative estimate of drug-likeness (QED) is 0.833. The third-order valence-corrected chi connectivity index (χ3v) is 3.50. The monoisotopic (exact) mass is 253 g/mol. The molecule has 1 aliphatic rings. The standard InChI is InChI=1S/C13H16ClNO2/c14-12-4-2-1-3-11(12)13(17)8-15-6-5-10(7-15)9-16/h1-4,10,16H,5-9H2/t10-/m1/s1. The maximum atomic E-state index is 12.0. The van der Waals surface area contributed by atoms with Crippen LogP contribution in [0.3, 0.4) is 0 Å². The Hall–Kier alpha value is -0.900. The minimum atomic E-state index is 0.0502. The summed E-state index contributed by atoms with van der Waals surface area (Å²) < 4.78 is 0. The number of hydrogen-bond acceptors (Lipinski definition) is 3. The Morgan fingerprint density at radius 2 is 2.24 bits per heavy atom. The molecule has 1 aromatic carbocycles. The van der Waals surface area contributed by atoms with Crippen LogP contribution < -0.4 is 0 Å². The van der Waals surface area contributed by atoms with Crippen LogP contribution in [0, 0.1) is 5.92 Å². The molecule has 1 aromatic rings. The fourth-order valence-corrected chi connectivity index (χ4v) is 2.42. The number of halogens is 1. The molecule has 0 aliphatic carbocycles. The molecule has 1 atom stereocenters. The molecule has 4 heteroatoms. The summed E-state index contributed by atoms with van der Waals surface area (Å²) in [6.07, 6.45) is 0.965. The summed E-state index contributed by atoms with van der Waals surface area (Å²) >= 11 is 5.98. The average molecular weight is 254 g/mol. The van der Waals surface area contributed by atoms with Crippen LogP contribution in [0.1, 0.15) is 16.8 Å². The van der Waals surface area contributed by atoms with Crippen molar-refractivity contribution in [3.05, 3.63) is 34.9 Å². The first kappa shape index (κ1) is 12.6. The molecule has 0 saturated carbocycles. The first-order valence-corrected chi connectivity index (χ1v) is 6.19. The van der Waals surface area contributed by atoms with Gasteiger partial charge in [0.25, 0.3) is 0 Å². The van der Waals surface area contributed by atoms with Gasteiger partial charge in [0, 0.05) is 18.7 Å². The molecule has 1 heterocycles. The maximum absolute atomic E-state index is 12.0. The van der Waals surface area contributed by atoms with Crippen LogP contribution in [0.4, 0.5) is 0 Å². The molecular formula is C13H16ClNO2. The number of aliphatic hydroxyl groups is 1. The highest BCUT2D eigenvalue weighted by Gasteiger charge is 2.24. The summed E-state index contributed by atoms with van der Waals surface area (Å²) in [5.74, 6) is 0.364. The molecule has 0 amide bonds. The highest BCUT2D eigenvalue weighted by atomic mass is 35.5. The van der Waals surface area contributed by atoms with Crippen LogP contribution in [0.2, 0.25) is 5.02 Å². The van der Waals surface area contributed by atoms with E-state index in [1.54, 1.807) is 12.1 Å². The number of ketones is 1. The molecule has 0 radical (unpaired) electrons. The van der Waals surface area contributed by atoms with E-state index in [1.807, 2.05) is 12.1 Å². The zero-order valence-corrected chi connectivity index (χ0v) is 10.4. The van der Waals surface area contributed by atoms with Crippen LogP contribution in [0.15, 0.2) is 24.3 Å². The van der Waals surface area contributed by atoms with Gasteiger partial charge >= 0.3 is 0 Å². The second-order valence-corrected chi connectivity index (χ2v) is 4.88. The van der Waals surface area contributed by atoms with E-state index in [0.29, 0.717) is 23.0 Å². The first-order valence-electron chi connectivity index (χ1n) is 5.81. The van der Waals surface area contributed by atoms with Gasteiger partial charge < -0.3 is 5.11 Å². The van der Waals surface area contributed by atoms with Crippen molar-refractivity contribution in [3.63, 3.8) is 0 Å². The highest BCUT2D eigenvalue weighted by Crippen LogP contribution is 2.19. The van der Waals surface area contributed by atoms with Gasteiger partial charge in [-0.3, -0.25) is 9.69 Å². The van der Waals surface area contributed by atoms with Gasteiger partial charge in [0.05, 0.1) is 11.6 Å². The number of likely N-dealkylation sites (tertiary alicyclic amines) is 1. The van der Waals surface area contributed by atoms with Gasteiger partial charge in [-0.15, -0.1) is 0 Å². The van der Waals surface area contributed by atoms with Gasteiger partial charge in [0.1, 0.15) is 0 Å². The molecule has 1 N–H and O–H groups in total. The third kappa shape index (κ3) is 3.06. The van der Waals surface area contributed by atoms with E-state index < -0.39 is 0 Å². The Morgan fingerprint density at radius 1 is 1.47 bits per heavy atom. The fourth-order valence-electron chi connectivity index (χ4n) is 2.18. The number of aliphatic hydroxyl groups excluding tert-OH is 1. The molecule has 1 fully saturated rings. The van der Waals surface area contributed by atoms with Crippen molar-refractivity contribution in [3.8, 4) is 0 Å². The molecule has 17 heavy (non-hydrogen) atoms. The minimum absolute atomic E-state index is 0.0502. The van der Waals surface area contributed by atoms with Crippen LogP contribution in [0.5, 0.6) is 0 Å². The number of benzene rings is 1. The number of rotatable bonds is 4. The Kier molecular flexibility index (Phi) is 4.15. The summed E-state index contributed by atoms with van der Waals surface area (Å²) in [6.45, 7) is 2.27. The molecule has 92 valence electrons. The smallest absolute Gasteiger partial charge is 0.178 e. The Bertz CT molecular complexity index is 408. The molecule has 1 aliphatic heterocycles. The van der Waals surface area contributed by atoms with Gasteiger partial charge in [-0.2, -0.15) is 0 Å². The summed E-state index contributed by atoms with van der Waals surface area (Å²) in [5, 5.41) is 9.56. The summed E-state index contributed by atoms with van der Waals surface area (Å²) in [4.78, 5) is 14.1. The fraction of sp³-hybridized carbons (Fsp3) is 0.462. The van der Waals surface area contributed by atoms with Crippen LogP contribution in [0.25, 0.3) is 0 Å². The van der Waals surface area contributed by atoms with E-state index in [-0.39, 0.29) is 12.4 Å². The van der Waals surface area contributed by atoms with Crippen molar-refractivity contribution in [2.45, 2.75) is 6.42 Å². The first-order chi connectivity index (χ1) is 8.20.